The fourth-order valence-corrected chi connectivity index (χ4v) is 2.00. The third-order valence-corrected chi connectivity index (χ3v) is 2.65. The van der Waals surface area contributed by atoms with Crippen molar-refractivity contribution in [2.45, 2.75) is 23.6 Å². The van der Waals surface area contributed by atoms with Crippen molar-refractivity contribution >= 4 is 12.6 Å². The molecule has 0 aromatic heterocycles. The van der Waals surface area contributed by atoms with Gasteiger partial charge in [0.05, 0.1) is 23.9 Å². The van der Waals surface area contributed by atoms with E-state index in [9.17, 15) is 0 Å². The third-order valence-electron chi connectivity index (χ3n) is 2.21. The topological polar surface area (TPSA) is 71.4 Å². The molecule has 13 heavy (non-hydrogen) atoms. The van der Waals surface area contributed by atoms with Gasteiger partial charge in [0.25, 0.3) is 0 Å². The van der Waals surface area contributed by atoms with Gasteiger partial charge in [-0.25, -0.2) is 4.84 Å². The summed E-state index contributed by atoms with van der Waals surface area (Å²) >= 11 is 4.25. The summed E-state index contributed by atoms with van der Waals surface area (Å²) in [5, 5.41) is 16.6. The maximum absolute atomic E-state index is 8.44. The van der Waals surface area contributed by atoms with Gasteiger partial charge in [-0.3, -0.25) is 10.4 Å². The zero-order valence-electron chi connectivity index (χ0n) is 6.74. The van der Waals surface area contributed by atoms with E-state index in [0.717, 1.165) is 0 Å². The molecule has 0 radical (unpaired) electrons. The number of thiol groups is 1. The average Bonchev–Trinajstić information content (AvgIpc) is 2.56. The largest absolute Gasteiger partial charge is 0.371 e. The van der Waals surface area contributed by atoms with Gasteiger partial charge >= 0.3 is 0 Å². The Morgan fingerprint density at radius 1 is 1.23 bits per heavy atom. The van der Waals surface area contributed by atoms with Crippen LogP contribution in [0.15, 0.2) is 0 Å². The van der Waals surface area contributed by atoms with Crippen LogP contribution in [0.1, 0.15) is 0 Å². The van der Waals surface area contributed by atoms with Crippen LogP contribution in [0.5, 0.6) is 0 Å². The van der Waals surface area contributed by atoms with Crippen molar-refractivity contribution in [1.29, 1.82) is 0 Å². The van der Waals surface area contributed by atoms with Crippen LogP contribution in [0.2, 0.25) is 0 Å². The Labute approximate surface area is 80.3 Å². The highest BCUT2D eigenvalue weighted by atomic mass is 32.1. The molecule has 0 amide bonds. The molecule has 0 aliphatic carbocycles. The fraction of sp³-hybridized carbons (Fsp3) is 1.00. The van der Waals surface area contributed by atoms with Gasteiger partial charge in [0.1, 0.15) is 18.3 Å². The van der Waals surface area contributed by atoms with Gasteiger partial charge in [0.15, 0.2) is 0 Å². The van der Waals surface area contributed by atoms with Crippen molar-refractivity contribution in [3.63, 3.8) is 0 Å². The second-order valence-electron chi connectivity index (χ2n) is 3.06. The molecule has 7 heteroatoms. The molecule has 2 saturated heterocycles. The molecular formula is C6H11NO5S. The minimum absolute atomic E-state index is 0.0319. The molecule has 0 unspecified atom stereocenters. The van der Waals surface area contributed by atoms with Crippen LogP contribution in [0.25, 0.3) is 0 Å². The van der Waals surface area contributed by atoms with Crippen molar-refractivity contribution in [2.24, 2.45) is 0 Å². The van der Waals surface area contributed by atoms with E-state index in [1.165, 1.54) is 0 Å². The van der Waals surface area contributed by atoms with Crippen molar-refractivity contribution in [1.82, 2.24) is 5.39 Å². The number of fused-ring (bicyclic) bond motifs is 1. The van der Waals surface area contributed by atoms with Crippen LogP contribution in [-0.2, 0) is 14.3 Å². The molecule has 2 aliphatic heterocycles. The first-order valence-electron chi connectivity index (χ1n) is 3.94. The molecule has 2 N–H and O–H groups in total. The first kappa shape index (κ1) is 9.66. The van der Waals surface area contributed by atoms with Crippen LogP contribution < -0.4 is 0 Å². The summed E-state index contributed by atoms with van der Waals surface area (Å²) in [6.45, 7) is 0.777. The number of nitrogens with zero attached hydrogens (tertiary/aromatic N) is 1. The van der Waals surface area contributed by atoms with Gasteiger partial charge in [0, 0.05) is 0 Å². The van der Waals surface area contributed by atoms with E-state index in [2.05, 4.69) is 17.5 Å². The maximum atomic E-state index is 8.44. The van der Waals surface area contributed by atoms with Crippen molar-refractivity contribution in [3.8, 4) is 0 Å². The monoisotopic (exact) mass is 209 g/mol. The van der Waals surface area contributed by atoms with Crippen LogP contribution in [0.3, 0.4) is 0 Å². The molecule has 2 fully saturated rings. The van der Waals surface area contributed by atoms with E-state index in [0.29, 0.717) is 6.61 Å². The molecule has 0 aromatic carbocycles. The maximum Gasteiger partial charge on any atom is 0.136 e. The molecule has 76 valence electrons. The molecule has 4 atom stereocenters. The van der Waals surface area contributed by atoms with Gasteiger partial charge in [0.2, 0.25) is 0 Å². The van der Waals surface area contributed by atoms with Crippen LogP contribution in [-0.4, -0.2) is 52.6 Å². The highest BCUT2D eigenvalue weighted by Gasteiger charge is 2.47. The van der Waals surface area contributed by atoms with Gasteiger partial charge in [-0.2, -0.15) is 12.6 Å². The lowest BCUT2D eigenvalue weighted by molar-refractivity contribution is -0.507. The highest BCUT2D eigenvalue weighted by molar-refractivity contribution is 7.81. The molecule has 2 rings (SSSR count). The molecule has 0 saturated carbocycles. The minimum Gasteiger partial charge on any atom is -0.371 e. The van der Waals surface area contributed by atoms with Crippen LogP contribution in [0.4, 0.5) is 0 Å². The normalized spacial score (nSPS) is 44.3. The Bertz CT molecular complexity index is 192. The smallest absolute Gasteiger partial charge is 0.136 e. The van der Waals surface area contributed by atoms with E-state index in [1.807, 2.05) is 0 Å². The molecule has 0 spiro atoms. The zero-order chi connectivity index (χ0) is 9.42. The number of rotatable bonds is 2. The summed E-state index contributed by atoms with van der Waals surface area (Å²) in [6, 6.07) is 0. The summed E-state index contributed by atoms with van der Waals surface area (Å²) in [4.78, 5) is 4.63. The highest BCUT2D eigenvalue weighted by Crippen LogP contribution is 2.31. The number of ether oxygens (including phenoxy) is 2. The van der Waals surface area contributed by atoms with Crippen molar-refractivity contribution < 1.29 is 24.7 Å². The number of hydrogen-bond donors (Lipinski definition) is 3. The van der Waals surface area contributed by atoms with Gasteiger partial charge in [-0.15, -0.1) is 0 Å². The van der Waals surface area contributed by atoms with Gasteiger partial charge < -0.3 is 9.47 Å². The molecule has 0 aromatic rings. The van der Waals surface area contributed by atoms with E-state index < -0.39 is 6.10 Å². The summed E-state index contributed by atoms with van der Waals surface area (Å²) in [7, 11) is 0. The summed E-state index contributed by atoms with van der Waals surface area (Å²) in [6.07, 6.45) is -0.852. The van der Waals surface area contributed by atoms with Crippen molar-refractivity contribution in [2.75, 3.05) is 13.2 Å². The lowest BCUT2D eigenvalue weighted by atomic mass is 10.1. The predicted molar refractivity (Wildman–Crippen MR) is 42.5 cm³/mol. The van der Waals surface area contributed by atoms with E-state index >= 15 is 0 Å². The molecule has 2 aliphatic rings. The predicted octanol–water partition coefficient (Wildman–Crippen LogP) is -0.537. The Kier molecular flexibility index (Phi) is 2.75. The summed E-state index contributed by atoms with van der Waals surface area (Å²) in [5.41, 5.74) is 0. The average molecular weight is 209 g/mol. The SMILES string of the molecule is ON(O)O[C@@H]1CO[C@H]2[C@@H]1OC[C@@H]2S. The van der Waals surface area contributed by atoms with Crippen LogP contribution >= 0.6 is 12.6 Å². The van der Waals surface area contributed by atoms with Gasteiger partial charge in [-0.05, 0) is 0 Å². The summed E-state index contributed by atoms with van der Waals surface area (Å²) < 4.78 is 10.7. The quantitative estimate of drug-likeness (QED) is 0.419. The van der Waals surface area contributed by atoms with Crippen molar-refractivity contribution in [3.05, 3.63) is 0 Å². The minimum atomic E-state index is -0.475. The van der Waals surface area contributed by atoms with E-state index in [1.54, 1.807) is 0 Å². The Hall–Kier alpha value is 0.110. The molecule has 6 nitrogen and oxygen atoms in total. The second-order valence-corrected chi connectivity index (χ2v) is 3.72. The standard InChI is InChI=1S/C6H11NO5S/c8-7(9)12-3-1-10-6-4(13)2-11-5(3)6/h3-6,8-9,13H,1-2H2/t3-,4+,5-,6-/m1/s1. The van der Waals surface area contributed by atoms with Crippen LogP contribution in [0, 0.1) is 0 Å². The molecule has 0 bridgehead atoms. The Morgan fingerprint density at radius 2 is 1.92 bits per heavy atom. The second kappa shape index (κ2) is 3.70. The first-order chi connectivity index (χ1) is 6.18. The lowest BCUT2D eigenvalue weighted by Crippen LogP contribution is -2.35. The Balaban J connectivity index is 1.94. The third kappa shape index (κ3) is 1.82. The van der Waals surface area contributed by atoms with Gasteiger partial charge in [-0.1, -0.05) is 0 Å². The molecule has 2 heterocycles. The number of hydrogen-bond acceptors (Lipinski definition) is 7. The molecular weight excluding hydrogens is 198 g/mol. The lowest BCUT2D eigenvalue weighted by Gasteiger charge is -2.16. The first-order valence-corrected chi connectivity index (χ1v) is 4.46. The van der Waals surface area contributed by atoms with E-state index in [4.69, 9.17) is 19.9 Å². The van der Waals surface area contributed by atoms with E-state index in [-0.39, 0.29) is 29.5 Å². The fourth-order valence-electron chi connectivity index (χ4n) is 1.66. The zero-order valence-corrected chi connectivity index (χ0v) is 7.63. The summed E-state index contributed by atoms with van der Waals surface area (Å²) in [5.74, 6) is 0. The Morgan fingerprint density at radius 3 is 2.62 bits per heavy atom.